The number of rotatable bonds is 3. The van der Waals surface area contributed by atoms with E-state index in [0.717, 1.165) is 6.07 Å². The molecule has 2 nitrogen and oxygen atoms in total. The summed E-state index contributed by atoms with van der Waals surface area (Å²) in [5.41, 5.74) is -1.05. The number of thiophene rings is 1. The van der Waals surface area contributed by atoms with Gasteiger partial charge in [-0.2, -0.15) is 13.2 Å². The Balaban J connectivity index is 2.85. The molecule has 90 valence electrons. The molecule has 1 rings (SSSR count). The van der Waals surface area contributed by atoms with Gasteiger partial charge in [-0.1, -0.05) is 0 Å². The molecule has 0 radical (unpaired) electrons. The SMILES string of the molecule is CC(C)(Cc1ccc(C(F)(F)F)s1)C(=O)O. The number of hydrogen-bond acceptors (Lipinski definition) is 2. The maximum absolute atomic E-state index is 12.3. The van der Waals surface area contributed by atoms with Gasteiger partial charge in [0.25, 0.3) is 0 Å². The fraction of sp³-hybridized carbons (Fsp3) is 0.500. The Morgan fingerprint density at radius 3 is 2.31 bits per heavy atom. The first kappa shape index (κ1) is 13.0. The normalized spacial score (nSPS) is 12.8. The Bertz CT molecular complexity index is 393. The predicted octanol–water partition coefficient (Wildman–Crippen LogP) is 3.42. The lowest BCUT2D eigenvalue weighted by Gasteiger charge is -2.17. The van der Waals surface area contributed by atoms with Crippen molar-refractivity contribution in [2.45, 2.75) is 26.4 Å². The number of alkyl halides is 3. The molecule has 0 fully saturated rings. The molecular formula is C10H11F3O2S. The molecule has 6 heteroatoms. The van der Waals surface area contributed by atoms with E-state index in [-0.39, 0.29) is 6.42 Å². The maximum atomic E-state index is 12.3. The highest BCUT2D eigenvalue weighted by Crippen LogP contribution is 2.36. The van der Waals surface area contributed by atoms with Crippen LogP contribution in [0.4, 0.5) is 13.2 Å². The van der Waals surface area contributed by atoms with Gasteiger partial charge >= 0.3 is 12.1 Å². The van der Waals surface area contributed by atoms with Gasteiger partial charge in [0.1, 0.15) is 4.88 Å². The van der Waals surface area contributed by atoms with E-state index < -0.39 is 22.4 Å². The van der Waals surface area contributed by atoms with Crippen molar-refractivity contribution in [1.82, 2.24) is 0 Å². The quantitative estimate of drug-likeness (QED) is 0.895. The summed E-state index contributed by atoms with van der Waals surface area (Å²) >= 11 is 0.596. The molecule has 0 aliphatic heterocycles. The summed E-state index contributed by atoms with van der Waals surface area (Å²) in [7, 11) is 0. The Morgan fingerprint density at radius 2 is 1.94 bits per heavy atom. The molecule has 0 aliphatic carbocycles. The van der Waals surface area contributed by atoms with E-state index in [0.29, 0.717) is 16.2 Å². The average Bonchev–Trinajstić information content (AvgIpc) is 2.50. The van der Waals surface area contributed by atoms with Crippen LogP contribution in [0.3, 0.4) is 0 Å². The molecule has 1 aromatic rings. The number of carbonyl (C=O) groups is 1. The highest BCUT2D eigenvalue weighted by atomic mass is 32.1. The van der Waals surface area contributed by atoms with Crippen LogP contribution >= 0.6 is 11.3 Å². The van der Waals surface area contributed by atoms with Crippen LogP contribution in [0, 0.1) is 5.41 Å². The molecule has 0 aromatic carbocycles. The smallest absolute Gasteiger partial charge is 0.425 e. The van der Waals surface area contributed by atoms with Crippen LogP contribution in [0.5, 0.6) is 0 Å². The second kappa shape index (κ2) is 4.08. The lowest BCUT2D eigenvalue weighted by atomic mass is 9.89. The van der Waals surface area contributed by atoms with Crippen molar-refractivity contribution in [3.8, 4) is 0 Å². The number of hydrogen-bond donors (Lipinski definition) is 1. The fourth-order valence-corrected chi connectivity index (χ4v) is 2.24. The van der Waals surface area contributed by atoms with Crippen LogP contribution in [0.1, 0.15) is 23.6 Å². The van der Waals surface area contributed by atoms with Crippen LogP contribution in [-0.4, -0.2) is 11.1 Å². The van der Waals surface area contributed by atoms with E-state index in [1.807, 2.05) is 0 Å². The van der Waals surface area contributed by atoms with Crippen molar-refractivity contribution in [3.63, 3.8) is 0 Å². The molecule has 0 amide bonds. The van der Waals surface area contributed by atoms with Gasteiger partial charge in [-0.15, -0.1) is 11.3 Å². The topological polar surface area (TPSA) is 37.3 Å². The fourth-order valence-electron chi connectivity index (χ4n) is 1.14. The molecule has 16 heavy (non-hydrogen) atoms. The summed E-state index contributed by atoms with van der Waals surface area (Å²) in [5, 5.41) is 8.85. The molecule has 0 saturated carbocycles. The van der Waals surface area contributed by atoms with Crippen molar-refractivity contribution in [2.24, 2.45) is 5.41 Å². The Kier molecular flexibility index (Phi) is 3.33. The van der Waals surface area contributed by atoms with Crippen molar-refractivity contribution >= 4 is 17.3 Å². The number of carboxylic acids is 1. The zero-order chi connectivity index (χ0) is 12.6. The Hall–Kier alpha value is -1.04. The molecule has 0 atom stereocenters. The second-order valence-corrected chi connectivity index (χ2v) is 5.30. The first-order valence-corrected chi connectivity index (χ1v) is 5.34. The van der Waals surface area contributed by atoms with Gasteiger partial charge in [0.2, 0.25) is 0 Å². The van der Waals surface area contributed by atoms with E-state index >= 15 is 0 Å². The minimum Gasteiger partial charge on any atom is -0.481 e. The lowest BCUT2D eigenvalue weighted by Crippen LogP contribution is -2.25. The third-order valence-corrected chi connectivity index (χ3v) is 3.27. The highest BCUT2D eigenvalue weighted by Gasteiger charge is 2.34. The van der Waals surface area contributed by atoms with E-state index in [9.17, 15) is 18.0 Å². The standard InChI is InChI=1S/C10H11F3O2S/c1-9(2,8(14)15)5-6-3-4-7(16-6)10(11,12)13/h3-4H,5H2,1-2H3,(H,14,15). The average molecular weight is 252 g/mol. The minimum absolute atomic E-state index is 0.100. The summed E-state index contributed by atoms with van der Waals surface area (Å²) < 4.78 is 36.9. The molecule has 1 heterocycles. The zero-order valence-corrected chi connectivity index (χ0v) is 9.58. The maximum Gasteiger partial charge on any atom is 0.425 e. The molecule has 0 unspecified atom stereocenters. The summed E-state index contributed by atoms with van der Waals surface area (Å²) in [4.78, 5) is 10.6. The van der Waals surface area contributed by atoms with Crippen LogP contribution in [0.15, 0.2) is 12.1 Å². The second-order valence-electron chi connectivity index (χ2n) is 4.13. The van der Waals surface area contributed by atoms with Gasteiger partial charge in [-0.05, 0) is 32.4 Å². The van der Waals surface area contributed by atoms with Crippen LogP contribution in [0.2, 0.25) is 0 Å². The summed E-state index contributed by atoms with van der Waals surface area (Å²) in [6, 6.07) is 2.32. The van der Waals surface area contributed by atoms with E-state index in [1.54, 1.807) is 0 Å². The monoisotopic (exact) mass is 252 g/mol. The molecular weight excluding hydrogens is 241 g/mol. The van der Waals surface area contributed by atoms with Crippen molar-refractivity contribution in [1.29, 1.82) is 0 Å². The minimum atomic E-state index is -4.35. The molecule has 0 spiro atoms. The number of aliphatic carboxylic acids is 1. The summed E-state index contributed by atoms with van der Waals surface area (Å²) in [6.07, 6.45) is -4.25. The van der Waals surface area contributed by atoms with E-state index in [1.165, 1.54) is 19.9 Å². The van der Waals surface area contributed by atoms with Gasteiger partial charge in [-0.25, -0.2) is 0 Å². The summed E-state index contributed by atoms with van der Waals surface area (Å²) in [6.45, 7) is 2.98. The molecule has 0 saturated heterocycles. The zero-order valence-electron chi connectivity index (χ0n) is 8.76. The molecule has 1 N–H and O–H groups in total. The summed E-state index contributed by atoms with van der Waals surface area (Å²) in [5.74, 6) is -1.02. The van der Waals surface area contributed by atoms with Crippen molar-refractivity contribution in [2.75, 3.05) is 0 Å². The van der Waals surface area contributed by atoms with E-state index in [2.05, 4.69) is 0 Å². The molecule has 1 aromatic heterocycles. The van der Waals surface area contributed by atoms with Crippen molar-refractivity contribution < 1.29 is 23.1 Å². The van der Waals surface area contributed by atoms with Gasteiger partial charge < -0.3 is 5.11 Å². The van der Waals surface area contributed by atoms with Crippen LogP contribution < -0.4 is 0 Å². The van der Waals surface area contributed by atoms with E-state index in [4.69, 9.17) is 5.11 Å². The van der Waals surface area contributed by atoms with Gasteiger partial charge in [0, 0.05) is 4.88 Å². The largest absolute Gasteiger partial charge is 0.481 e. The highest BCUT2D eigenvalue weighted by molar-refractivity contribution is 7.12. The van der Waals surface area contributed by atoms with Gasteiger partial charge in [0.05, 0.1) is 5.41 Å². The van der Waals surface area contributed by atoms with Crippen LogP contribution in [-0.2, 0) is 17.4 Å². The molecule has 0 bridgehead atoms. The first-order chi connectivity index (χ1) is 7.13. The number of halogens is 3. The lowest BCUT2D eigenvalue weighted by molar-refractivity contribution is -0.146. The first-order valence-electron chi connectivity index (χ1n) is 4.52. The third-order valence-electron chi connectivity index (χ3n) is 2.14. The predicted molar refractivity (Wildman–Crippen MR) is 54.4 cm³/mol. The molecule has 0 aliphatic rings. The Labute approximate surface area is 94.7 Å². The van der Waals surface area contributed by atoms with Gasteiger partial charge in [0.15, 0.2) is 0 Å². The Morgan fingerprint density at radius 1 is 1.38 bits per heavy atom. The van der Waals surface area contributed by atoms with Crippen molar-refractivity contribution in [3.05, 3.63) is 21.9 Å². The third kappa shape index (κ3) is 2.98. The van der Waals surface area contributed by atoms with Gasteiger partial charge in [-0.3, -0.25) is 4.79 Å². The van der Waals surface area contributed by atoms with Crippen LogP contribution in [0.25, 0.3) is 0 Å². The number of carboxylic acid groups (broad SMARTS) is 1.